The summed E-state index contributed by atoms with van der Waals surface area (Å²) in [7, 11) is 0. The second kappa shape index (κ2) is 14.0. The lowest BCUT2D eigenvalue weighted by molar-refractivity contribution is -0.120. The molecule has 296 valence electrons. The number of benzene rings is 4. The number of likely N-dealkylation sites (tertiary alicyclic amines) is 1. The first-order valence-corrected chi connectivity index (χ1v) is 20.9. The van der Waals surface area contributed by atoms with E-state index in [9.17, 15) is 14.4 Å². The zero-order valence-electron chi connectivity index (χ0n) is 33.5. The van der Waals surface area contributed by atoms with E-state index < -0.39 is 17.7 Å². The summed E-state index contributed by atoms with van der Waals surface area (Å²) in [5.74, 6) is -0.0458. The van der Waals surface area contributed by atoms with Crippen LogP contribution in [-0.4, -0.2) is 41.0 Å². The van der Waals surface area contributed by atoms with Crippen molar-refractivity contribution in [3.8, 4) is 22.3 Å². The molecule has 1 heterocycles. The normalized spacial score (nSPS) is 21.3. The minimum Gasteiger partial charge on any atom is -0.444 e. The molecule has 12 rings (SSSR count). The van der Waals surface area contributed by atoms with Crippen LogP contribution in [0.15, 0.2) is 72.8 Å². The third-order valence-corrected chi connectivity index (χ3v) is 13.4. The van der Waals surface area contributed by atoms with Crippen molar-refractivity contribution < 1.29 is 19.1 Å². The van der Waals surface area contributed by atoms with Gasteiger partial charge in [-0.2, -0.15) is 0 Å². The fraction of sp³-hybridized carbons (Fsp3) is 0.438. The third-order valence-electron chi connectivity index (χ3n) is 13.4. The number of nitrogens with two attached hydrogens (primary N) is 2. The minimum absolute atomic E-state index is 0.0210. The summed E-state index contributed by atoms with van der Waals surface area (Å²) in [5, 5.41) is 6.19. The van der Waals surface area contributed by atoms with E-state index in [1.54, 1.807) is 4.90 Å². The van der Waals surface area contributed by atoms with E-state index in [1.807, 2.05) is 51.1 Å². The first-order valence-electron chi connectivity index (χ1n) is 20.9. The first kappa shape index (κ1) is 37.3. The van der Waals surface area contributed by atoms with E-state index >= 15 is 0 Å². The zero-order valence-corrected chi connectivity index (χ0v) is 33.5. The summed E-state index contributed by atoms with van der Waals surface area (Å²) < 4.78 is 5.67. The number of amides is 3. The van der Waals surface area contributed by atoms with E-state index in [0.717, 1.165) is 68.1 Å². The second-order valence-corrected chi connectivity index (χ2v) is 18.8. The lowest BCUT2D eigenvalue weighted by Gasteiger charge is -2.28. The SMILES string of the molecule is CC(C)(C)OC(=O)N1CC2(CC2)CC1C(=O)Nc1ccc(-c2cc3ccc2CCc2ccc(c(-c4ccc(NC(=O)C5CCC6(CC6)C5)c(N)c4)c2)CC3)cc1N. The summed E-state index contributed by atoms with van der Waals surface area (Å²) in [4.78, 5) is 41.5. The molecular weight excluding hydrogens is 711 g/mol. The summed E-state index contributed by atoms with van der Waals surface area (Å²) >= 11 is 0. The molecule has 3 saturated carbocycles. The van der Waals surface area contributed by atoms with Crippen molar-refractivity contribution in [3.05, 3.63) is 95.1 Å². The maximum atomic E-state index is 13.7. The van der Waals surface area contributed by atoms with Crippen molar-refractivity contribution >= 4 is 40.7 Å². The standard InChI is InChI=1S/C48H55N5O4/c1-46(2,3)57-45(56)53-28-48(20-21-48)27-42(53)44(55)52-41-15-13-34(25-39(41)50)37-23-30-5-9-31-8-4-29(6-10-32(37)11-7-30)22-36(31)33-12-14-40(38(49)24-33)51-43(54)35-16-17-47(26-35)18-19-47/h4,7-8,11-15,22-25,35,42H,5-6,9-10,16-21,26-28,49-50H2,1-3H3,(H,51,54)(H,52,55). The molecule has 4 bridgehead atoms. The van der Waals surface area contributed by atoms with E-state index in [-0.39, 0.29) is 23.1 Å². The van der Waals surface area contributed by atoms with Crippen molar-refractivity contribution in [2.24, 2.45) is 16.7 Å². The van der Waals surface area contributed by atoms with Crippen LogP contribution in [0.2, 0.25) is 0 Å². The van der Waals surface area contributed by atoms with Gasteiger partial charge in [0, 0.05) is 12.5 Å². The molecule has 2 unspecified atom stereocenters. The van der Waals surface area contributed by atoms with Gasteiger partial charge in [0.05, 0.1) is 22.7 Å². The summed E-state index contributed by atoms with van der Waals surface area (Å²) in [6.07, 6.45) is 11.3. The van der Waals surface area contributed by atoms with E-state index in [2.05, 4.69) is 53.1 Å². The van der Waals surface area contributed by atoms with Crippen LogP contribution in [0.4, 0.5) is 27.5 Å². The lowest BCUT2D eigenvalue weighted by atomic mass is 9.87. The highest BCUT2D eigenvalue weighted by atomic mass is 16.6. The Balaban J connectivity index is 0.902. The number of nitrogens with one attached hydrogen (secondary N) is 2. The topological polar surface area (TPSA) is 140 Å². The van der Waals surface area contributed by atoms with Gasteiger partial charge >= 0.3 is 6.09 Å². The number of hydrogen-bond donors (Lipinski definition) is 4. The van der Waals surface area contributed by atoms with Crippen molar-refractivity contribution in [3.63, 3.8) is 0 Å². The van der Waals surface area contributed by atoms with Gasteiger partial charge in [0.2, 0.25) is 11.8 Å². The molecule has 57 heavy (non-hydrogen) atoms. The fourth-order valence-corrected chi connectivity index (χ4v) is 9.63. The van der Waals surface area contributed by atoms with Crippen molar-refractivity contribution in [1.82, 2.24) is 4.90 Å². The fourth-order valence-electron chi connectivity index (χ4n) is 9.63. The largest absolute Gasteiger partial charge is 0.444 e. The van der Waals surface area contributed by atoms with E-state index in [1.165, 1.54) is 47.1 Å². The molecule has 0 radical (unpaired) electrons. The van der Waals surface area contributed by atoms with Gasteiger partial charge in [-0.05, 0) is 177 Å². The van der Waals surface area contributed by atoms with Gasteiger partial charge < -0.3 is 26.8 Å². The van der Waals surface area contributed by atoms with Crippen LogP contribution in [0.1, 0.15) is 94.4 Å². The number of carbonyl (C=O) groups is 3. The maximum Gasteiger partial charge on any atom is 0.410 e. The number of aryl methyl sites for hydroxylation is 4. The number of ether oxygens (including phenoxy) is 1. The number of anilines is 4. The van der Waals surface area contributed by atoms with Crippen LogP contribution in [0, 0.1) is 16.7 Å². The average molecular weight is 766 g/mol. The number of nitrogen functional groups attached to an aromatic ring is 2. The Bertz CT molecular complexity index is 2280. The van der Waals surface area contributed by atoms with Crippen LogP contribution >= 0.6 is 0 Å². The zero-order chi connectivity index (χ0) is 39.7. The molecule has 0 aromatic heterocycles. The first-order chi connectivity index (χ1) is 27.2. The summed E-state index contributed by atoms with van der Waals surface area (Å²) in [5.41, 5.74) is 24.8. The minimum atomic E-state index is -0.643. The van der Waals surface area contributed by atoms with Gasteiger partial charge in [-0.1, -0.05) is 48.5 Å². The van der Waals surface area contributed by atoms with Crippen LogP contribution in [0.5, 0.6) is 0 Å². The number of nitrogens with zero attached hydrogens (tertiary/aromatic N) is 1. The van der Waals surface area contributed by atoms with E-state index in [0.29, 0.717) is 41.1 Å². The van der Waals surface area contributed by atoms with Crippen molar-refractivity contribution in [1.29, 1.82) is 0 Å². The van der Waals surface area contributed by atoms with Crippen LogP contribution < -0.4 is 22.1 Å². The van der Waals surface area contributed by atoms with Gasteiger partial charge in [0.15, 0.2) is 0 Å². The van der Waals surface area contributed by atoms with Gasteiger partial charge in [-0.25, -0.2) is 4.79 Å². The monoisotopic (exact) mass is 765 g/mol. The highest BCUT2D eigenvalue weighted by Gasteiger charge is 2.56. The Morgan fingerprint density at radius 2 is 1.21 bits per heavy atom. The molecule has 4 fully saturated rings. The molecule has 3 amide bonds. The maximum absolute atomic E-state index is 13.7. The van der Waals surface area contributed by atoms with Gasteiger partial charge in [-0.15, -0.1) is 0 Å². The lowest BCUT2D eigenvalue weighted by Crippen LogP contribution is -2.45. The predicted octanol–water partition coefficient (Wildman–Crippen LogP) is 9.32. The molecule has 2 spiro atoms. The summed E-state index contributed by atoms with van der Waals surface area (Å²) in [6.45, 7) is 6.07. The van der Waals surface area contributed by atoms with Crippen molar-refractivity contribution in [2.75, 3.05) is 28.6 Å². The molecule has 4 aromatic carbocycles. The molecule has 8 aliphatic rings. The van der Waals surface area contributed by atoms with Gasteiger partial charge in [-0.3, -0.25) is 14.5 Å². The Hall–Kier alpha value is -5.31. The molecule has 1 saturated heterocycles. The average Bonchev–Trinajstić information content (AvgIpc) is 4.02. The molecule has 9 heteroatoms. The van der Waals surface area contributed by atoms with Gasteiger partial charge in [0.25, 0.3) is 0 Å². The Morgan fingerprint density at radius 3 is 1.70 bits per heavy atom. The summed E-state index contributed by atoms with van der Waals surface area (Å²) in [6, 6.07) is 24.9. The van der Waals surface area contributed by atoms with Crippen LogP contribution in [0.3, 0.4) is 0 Å². The predicted molar refractivity (Wildman–Crippen MR) is 227 cm³/mol. The Kier molecular flexibility index (Phi) is 9.13. The molecular formula is C48H55N5O4. The van der Waals surface area contributed by atoms with Crippen molar-refractivity contribution in [2.45, 2.75) is 109 Å². The number of rotatable bonds is 6. The molecule has 7 aliphatic carbocycles. The Labute approximate surface area is 335 Å². The second-order valence-electron chi connectivity index (χ2n) is 18.8. The molecule has 4 aromatic rings. The molecule has 9 nitrogen and oxygen atoms in total. The highest BCUT2D eigenvalue weighted by molar-refractivity contribution is 6.00. The number of hydrogen-bond acceptors (Lipinski definition) is 6. The number of carbonyl (C=O) groups excluding carboxylic acids is 3. The molecule has 6 N–H and O–H groups in total. The van der Waals surface area contributed by atoms with Crippen LogP contribution in [0.25, 0.3) is 22.3 Å². The van der Waals surface area contributed by atoms with Crippen LogP contribution in [-0.2, 0) is 40.0 Å². The molecule has 1 aliphatic heterocycles. The molecule has 2 atom stereocenters. The smallest absolute Gasteiger partial charge is 0.410 e. The third kappa shape index (κ3) is 7.73. The quantitative estimate of drug-likeness (QED) is 0.144. The highest BCUT2D eigenvalue weighted by Crippen LogP contribution is 2.59. The Morgan fingerprint density at radius 1 is 0.667 bits per heavy atom. The van der Waals surface area contributed by atoms with E-state index in [4.69, 9.17) is 16.2 Å². The van der Waals surface area contributed by atoms with Gasteiger partial charge in [0.1, 0.15) is 11.6 Å².